The van der Waals surface area contributed by atoms with Crippen molar-refractivity contribution in [2.75, 3.05) is 19.3 Å². The summed E-state index contributed by atoms with van der Waals surface area (Å²) in [6, 6.07) is 2.59. The Morgan fingerprint density at radius 3 is 2.39 bits per heavy atom. The molecule has 0 aliphatic heterocycles. The highest BCUT2D eigenvalue weighted by Crippen LogP contribution is 2.19. The van der Waals surface area contributed by atoms with Gasteiger partial charge in [-0.2, -0.15) is 0 Å². The number of benzene rings is 1. The van der Waals surface area contributed by atoms with E-state index in [1.54, 1.807) is 0 Å². The minimum absolute atomic E-state index is 0.0482. The van der Waals surface area contributed by atoms with Crippen LogP contribution < -0.4 is 10.5 Å². The summed E-state index contributed by atoms with van der Waals surface area (Å²) in [6.45, 7) is -0.0164. The van der Waals surface area contributed by atoms with Gasteiger partial charge in [-0.3, -0.25) is 0 Å². The molecule has 0 atom stereocenters. The zero-order valence-corrected chi connectivity index (χ0v) is 11.2. The molecule has 102 valence electrons. The van der Waals surface area contributed by atoms with Gasteiger partial charge >= 0.3 is 0 Å². The van der Waals surface area contributed by atoms with Gasteiger partial charge in [-0.25, -0.2) is 25.9 Å². The molecular weight excluding hydrogens is 283 g/mol. The molecule has 1 aromatic carbocycles. The van der Waals surface area contributed by atoms with Gasteiger partial charge in [0.05, 0.1) is 4.90 Å². The van der Waals surface area contributed by atoms with E-state index < -0.39 is 30.6 Å². The highest BCUT2D eigenvalue weighted by molar-refractivity contribution is 7.91. The number of nitrogens with two attached hydrogens (primary N) is 1. The lowest BCUT2D eigenvalue weighted by atomic mass is 10.3. The Kier molecular flexibility index (Phi) is 4.43. The molecule has 0 bridgehead atoms. The molecule has 0 spiro atoms. The molecule has 0 aromatic heterocycles. The average Bonchev–Trinajstić information content (AvgIpc) is 2.25. The molecule has 18 heavy (non-hydrogen) atoms. The van der Waals surface area contributed by atoms with Crippen molar-refractivity contribution in [3.05, 3.63) is 24.0 Å². The number of nitrogens with one attached hydrogen (secondary N) is 1. The number of halogens is 1. The van der Waals surface area contributed by atoms with Crippen LogP contribution in [0.2, 0.25) is 0 Å². The summed E-state index contributed by atoms with van der Waals surface area (Å²) in [6.07, 6.45) is 0.907. The Morgan fingerprint density at radius 2 is 1.89 bits per heavy atom. The minimum Gasteiger partial charge on any atom is -0.329 e. The molecule has 1 rings (SSSR count). The molecule has 9 heteroatoms. The SMILES string of the molecule is CS(=O)(=O)c1ccc(F)c(S(=O)(=O)NCCN)c1. The predicted octanol–water partition coefficient (Wildman–Crippen LogP) is -0.534. The van der Waals surface area contributed by atoms with Crippen molar-refractivity contribution in [2.24, 2.45) is 5.73 Å². The monoisotopic (exact) mass is 296 g/mol. The fourth-order valence-corrected chi connectivity index (χ4v) is 3.06. The van der Waals surface area contributed by atoms with Crippen molar-refractivity contribution in [2.45, 2.75) is 9.79 Å². The predicted molar refractivity (Wildman–Crippen MR) is 63.8 cm³/mol. The Labute approximate surface area is 105 Å². The summed E-state index contributed by atoms with van der Waals surface area (Å²) in [5, 5.41) is 0. The van der Waals surface area contributed by atoms with E-state index in [9.17, 15) is 21.2 Å². The maximum Gasteiger partial charge on any atom is 0.243 e. The second-order valence-corrected chi connectivity index (χ2v) is 7.30. The largest absolute Gasteiger partial charge is 0.329 e. The fraction of sp³-hybridized carbons (Fsp3) is 0.333. The Morgan fingerprint density at radius 1 is 1.28 bits per heavy atom. The molecule has 3 N–H and O–H groups in total. The van der Waals surface area contributed by atoms with E-state index in [1.165, 1.54) is 0 Å². The standard InChI is InChI=1S/C9H13FN2O4S2/c1-17(13,14)7-2-3-8(10)9(6-7)18(15,16)12-5-4-11/h2-3,6,12H,4-5,11H2,1H3. The van der Waals surface area contributed by atoms with E-state index in [0.29, 0.717) is 0 Å². The van der Waals surface area contributed by atoms with E-state index in [2.05, 4.69) is 4.72 Å². The van der Waals surface area contributed by atoms with Crippen LogP contribution in [0.15, 0.2) is 28.0 Å². The van der Waals surface area contributed by atoms with Gasteiger partial charge in [0.15, 0.2) is 9.84 Å². The Balaban J connectivity index is 3.33. The van der Waals surface area contributed by atoms with Gasteiger partial charge < -0.3 is 5.73 Å². The summed E-state index contributed by atoms with van der Waals surface area (Å²) >= 11 is 0. The molecule has 0 amide bonds. The Bertz CT molecular complexity index is 641. The van der Waals surface area contributed by atoms with Gasteiger partial charge in [-0.1, -0.05) is 0 Å². The Hall–Kier alpha value is -1.03. The maximum atomic E-state index is 13.4. The summed E-state index contributed by atoms with van der Waals surface area (Å²) in [7, 11) is -7.71. The molecular formula is C9H13FN2O4S2. The van der Waals surface area contributed by atoms with Gasteiger partial charge in [0.1, 0.15) is 10.7 Å². The first-order chi connectivity index (χ1) is 8.18. The zero-order valence-electron chi connectivity index (χ0n) is 9.55. The van der Waals surface area contributed by atoms with Crippen LogP contribution in [-0.4, -0.2) is 36.2 Å². The lowest BCUT2D eigenvalue weighted by Gasteiger charge is -2.08. The third-order valence-electron chi connectivity index (χ3n) is 2.06. The molecule has 1 aromatic rings. The molecule has 6 nitrogen and oxygen atoms in total. The third-order valence-corrected chi connectivity index (χ3v) is 4.64. The van der Waals surface area contributed by atoms with Crippen molar-refractivity contribution >= 4 is 19.9 Å². The molecule has 0 radical (unpaired) electrons. The normalized spacial score (nSPS) is 12.6. The van der Waals surface area contributed by atoms with Gasteiger partial charge in [-0.05, 0) is 18.2 Å². The molecule has 0 unspecified atom stereocenters. The van der Waals surface area contributed by atoms with Crippen LogP contribution in [0.25, 0.3) is 0 Å². The lowest BCUT2D eigenvalue weighted by molar-refractivity contribution is 0.555. The smallest absolute Gasteiger partial charge is 0.243 e. The van der Waals surface area contributed by atoms with Crippen LogP contribution >= 0.6 is 0 Å². The molecule has 0 saturated heterocycles. The first-order valence-electron chi connectivity index (χ1n) is 4.88. The van der Waals surface area contributed by atoms with Crippen LogP contribution in [0.5, 0.6) is 0 Å². The molecule has 0 aliphatic carbocycles. The summed E-state index contributed by atoms with van der Waals surface area (Å²) in [4.78, 5) is -0.976. The van der Waals surface area contributed by atoms with E-state index in [0.717, 1.165) is 24.5 Å². The van der Waals surface area contributed by atoms with Crippen LogP contribution in [0.3, 0.4) is 0 Å². The van der Waals surface area contributed by atoms with Gasteiger partial charge in [0, 0.05) is 19.3 Å². The number of sulfone groups is 1. The van der Waals surface area contributed by atoms with Crippen molar-refractivity contribution in [1.29, 1.82) is 0 Å². The minimum atomic E-state index is -4.11. The highest BCUT2D eigenvalue weighted by Gasteiger charge is 2.21. The van der Waals surface area contributed by atoms with Crippen molar-refractivity contribution in [3.63, 3.8) is 0 Å². The lowest BCUT2D eigenvalue weighted by Crippen LogP contribution is -2.29. The summed E-state index contributed by atoms with van der Waals surface area (Å²) in [5.41, 5.74) is 5.13. The second kappa shape index (κ2) is 5.31. The summed E-state index contributed by atoms with van der Waals surface area (Å²) in [5.74, 6) is -1.02. The van der Waals surface area contributed by atoms with E-state index in [-0.39, 0.29) is 18.0 Å². The van der Waals surface area contributed by atoms with Crippen LogP contribution in [0.4, 0.5) is 4.39 Å². The van der Waals surface area contributed by atoms with Crippen molar-refractivity contribution in [1.82, 2.24) is 4.72 Å². The number of hydrogen-bond acceptors (Lipinski definition) is 5. The number of sulfonamides is 1. The van der Waals surface area contributed by atoms with Gasteiger partial charge in [0.2, 0.25) is 10.0 Å². The van der Waals surface area contributed by atoms with Crippen LogP contribution in [0.1, 0.15) is 0 Å². The van der Waals surface area contributed by atoms with Gasteiger partial charge in [-0.15, -0.1) is 0 Å². The number of rotatable bonds is 5. The van der Waals surface area contributed by atoms with Crippen molar-refractivity contribution < 1.29 is 21.2 Å². The quantitative estimate of drug-likeness (QED) is 0.710. The van der Waals surface area contributed by atoms with Crippen LogP contribution in [-0.2, 0) is 19.9 Å². The fourth-order valence-electron chi connectivity index (χ4n) is 1.19. The average molecular weight is 296 g/mol. The van der Waals surface area contributed by atoms with E-state index in [4.69, 9.17) is 5.73 Å². The van der Waals surface area contributed by atoms with E-state index >= 15 is 0 Å². The third kappa shape index (κ3) is 3.48. The van der Waals surface area contributed by atoms with E-state index in [1.807, 2.05) is 0 Å². The van der Waals surface area contributed by atoms with Gasteiger partial charge in [0.25, 0.3) is 0 Å². The molecule has 0 aliphatic rings. The summed E-state index contributed by atoms with van der Waals surface area (Å²) < 4.78 is 61.4. The first-order valence-corrected chi connectivity index (χ1v) is 8.25. The molecule has 0 saturated carbocycles. The topological polar surface area (TPSA) is 106 Å². The maximum absolute atomic E-state index is 13.4. The molecule has 0 heterocycles. The highest BCUT2D eigenvalue weighted by atomic mass is 32.2. The first kappa shape index (κ1) is 15.0. The second-order valence-electron chi connectivity index (χ2n) is 3.55. The molecule has 0 fully saturated rings. The van der Waals surface area contributed by atoms with Crippen molar-refractivity contribution in [3.8, 4) is 0 Å². The van der Waals surface area contributed by atoms with Crippen LogP contribution in [0, 0.1) is 5.82 Å². The zero-order chi connectivity index (χ0) is 14.0. The number of hydrogen-bond donors (Lipinski definition) is 2.